The third-order valence-corrected chi connectivity index (χ3v) is 6.09. The van der Waals surface area contributed by atoms with Crippen molar-refractivity contribution in [3.63, 3.8) is 0 Å². The number of anilines is 1. The molecule has 29 heavy (non-hydrogen) atoms. The quantitative estimate of drug-likeness (QED) is 0.622. The van der Waals surface area contributed by atoms with Crippen molar-refractivity contribution in [2.75, 3.05) is 44.2 Å². The Morgan fingerprint density at radius 2 is 2.03 bits per heavy atom. The van der Waals surface area contributed by atoms with Gasteiger partial charge in [-0.05, 0) is 36.1 Å². The third-order valence-electron chi connectivity index (χ3n) is 5.27. The lowest BCUT2D eigenvalue weighted by atomic mass is 10.2. The molecule has 0 aliphatic carbocycles. The number of hydrogen-bond donors (Lipinski definition) is 0. The first kappa shape index (κ1) is 19.7. The Labute approximate surface area is 173 Å². The van der Waals surface area contributed by atoms with Gasteiger partial charge in [0.1, 0.15) is 22.8 Å². The van der Waals surface area contributed by atoms with Crippen molar-refractivity contribution >= 4 is 33.3 Å². The summed E-state index contributed by atoms with van der Waals surface area (Å²) in [5, 5.41) is 3.13. The number of piperazine rings is 1. The molecule has 0 N–H and O–H groups in total. The third kappa shape index (κ3) is 4.54. The lowest BCUT2D eigenvalue weighted by Gasteiger charge is -2.36. The van der Waals surface area contributed by atoms with Gasteiger partial charge >= 0.3 is 0 Å². The predicted octanol–water partition coefficient (Wildman–Crippen LogP) is 3.00. The first-order chi connectivity index (χ1) is 14.1. The molecule has 0 bridgehead atoms. The number of halogens is 1. The van der Waals surface area contributed by atoms with Gasteiger partial charge in [-0.25, -0.2) is 14.4 Å². The van der Waals surface area contributed by atoms with Crippen LogP contribution in [0.15, 0.2) is 42.0 Å². The van der Waals surface area contributed by atoms with Crippen LogP contribution in [-0.4, -0.2) is 64.9 Å². The number of rotatable bonds is 6. The number of carbonyl (C=O) groups is 1. The van der Waals surface area contributed by atoms with Gasteiger partial charge in [0.05, 0.1) is 11.9 Å². The van der Waals surface area contributed by atoms with Crippen LogP contribution in [0.5, 0.6) is 0 Å². The van der Waals surface area contributed by atoms with Crippen molar-refractivity contribution < 1.29 is 9.18 Å². The molecule has 3 heterocycles. The summed E-state index contributed by atoms with van der Waals surface area (Å²) in [7, 11) is 0. The highest BCUT2D eigenvalue weighted by molar-refractivity contribution is 7.16. The maximum atomic E-state index is 13.4. The monoisotopic (exact) mass is 413 g/mol. The van der Waals surface area contributed by atoms with E-state index in [1.165, 1.54) is 12.1 Å². The minimum absolute atomic E-state index is 0.0764. The molecule has 1 aliphatic rings. The highest BCUT2D eigenvalue weighted by Gasteiger charge is 2.23. The van der Waals surface area contributed by atoms with Gasteiger partial charge in [-0.1, -0.05) is 12.1 Å². The number of thiophene rings is 1. The highest BCUT2D eigenvalue weighted by Crippen LogP contribution is 2.27. The molecule has 2 aromatic heterocycles. The molecule has 0 spiro atoms. The smallest absolute Gasteiger partial charge is 0.237 e. The van der Waals surface area contributed by atoms with Gasteiger partial charge < -0.3 is 9.80 Å². The van der Waals surface area contributed by atoms with E-state index >= 15 is 0 Å². The molecule has 1 aromatic carbocycles. The maximum Gasteiger partial charge on any atom is 0.237 e. The minimum atomic E-state index is -0.272. The fraction of sp³-hybridized carbons (Fsp3) is 0.381. The first-order valence-electron chi connectivity index (χ1n) is 9.81. The van der Waals surface area contributed by atoms with Gasteiger partial charge in [0, 0.05) is 39.3 Å². The molecule has 152 valence electrons. The Morgan fingerprint density at radius 3 is 2.79 bits per heavy atom. The molecule has 1 fully saturated rings. The summed E-state index contributed by atoms with van der Waals surface area (Å²) in [6, 6.07) is 8.51. The van der Waals surface area contributed by atoms with E-state index in [2.05, 4.69) is 25.8 Å². The number of carbonyl (C=O) groups excluding carboxylic acids is 1. The van der Waals surface area contributed by atoms with E-state index in [4.69, 9.17) is 0 Å². The Kier molecular flexibility index (Phi) is 6.01. The van der Waals surface area contributed by atoms with E-state index < -0.39 is 0 Å². The summed E-state index contributed by atoms with van der Waals surface area (Å²) in [6.45, 7) is 6.63. The molecular weight excluding hydrogens is 389 g/mol. The van der Waals surface area contributed by atoms with Crippen molar-refractivity contribution in [2.45, 2.75) is 13.5 Å². The molecule has 0 radical (unpaired) electrons. The van der Waals surface area contributed by atoms with Crippen LogP contribution in [0.1, 0.15) is 12.5 Å². The Hall–Kier alpha value is -2.58. The van der Waals surface area contributed by atoms with Gasteiger partial charge in [0.15, 0.2) is 0 Å². The van der Waals surface area contributed by atoms with Gasteiger partial charge in [0.25, 0.3) is 0 Å². The molecule has 0 atom stereocenters. The molecule has 4 rings (SSSR count). The molecule has 3 aromatic rings. The SMILES string of the molecule is CCN(Cc1cccc(F)c1)C(=O)CN1CCN(c2ncnc3sccc23)CC1. The van der Waals surface area contributed by atoms with E-state index in [1.54, 1.807) is 28.6 Å². The molecule has 1 aliphatic heterocycles. The number of amides is 1. The summed E-state index contributed by atoms with van der Waals surface area (Å²) in [5.74, 6) is 0.780. The Morgan fingerprint density at radius 1 is 1.21 bits per heavy atom. The summed E-state index contributed by atoms with van der Waals surface area (Å²) in [4.78, 5) is 28.8. The van der Waals surface area contributed by atoms with Gasteiger partial charge in [-0.15, -0.1) is 11.3 Å². The summed E-state index contributed by atoms with van der Waals surface area (Å²) >= 11 is 1.62. The largest absolute Gasteiger partial charge is 0.353 e. The van der Waals surface area contributed by atoms with E-state index in [9.17, 15) is 9.18 Å². The second kappa shape index (κ2) is 8.84. The second-order valence-electron chi connectivity index (χ2n) is 7.14. The van der Waals surface area contributed by atoms with Crippen molar-refractivity contribution in [3.8, 4) is 0 Å². The van der Waals surface area contributed by atoms with Gasteiger partial charge in [-0.3, -0.25) is 9.69 Å². The van der Waals surface area contributed by atoms with Crippen LogP contribution in [0.3, 0.4) is 0 Å². The predicted molar refractivity (Wildman–Crippen MR) is 114 cm³/mol. The average molecular weight is 414 g/mol. The lowest BCUT2D eigenvalue weighted by molar-refractivity contribution is -0.132. The molecule has 0 unspecified atom stereocenters. The zero-order valence-corrected chi connectivity index (χ0v) is 17.2. The van der Waals surface area contributed by atoms with Crippen LogP contribution in [0, 0.1) is 5.82 Å². The Balaban J connectivity index is 1.34. The summed E-state index contributed by atoms with van der Waals surface area (Å²) in [6.07, 6.45) is 1.62. The average Bonchev–Trinajstić information content (AvgIpc) is 3.21. The maximum absolute atomic E-state index is 13.4. The normalized spacial score (nSPS) is 15.0. The highest BCUT2D eigenvalue weighted by atomic mass is 32.1. The van der Waals surface area contributed by atoms with E-state index in [0.29, 0.717) is 19.6 Å². The van der Waals surface area contributed by atoms with Crippen LogP contribution < -0.4 is 4.90 Å². The van der Waals surface area contributed by atoms with Crippen LogP contribution in [0.2, 0.25) is 0 Å². The zero-order chi connectivity index (χ0) is 20.2. The first-order valence-corrected chi connectivity index (χ1v) is 10.7. The van der Waals surface area contributed by atoms with Gasteiger partial charge in [0.2, 0.25) is 5.91 Å². The minimum Gasteiger partial charge on any atom is -0.353 e. The topological polar surface area (TPSA) is 52.6 Å². The Bertz CT molecular complexity index is 986. The van der Waals surface area contributed by atoms with Crippen LogP contribution in [0.4, 0.5) is 10.2 Å². The van der Waals surface area contributed by atoms with Crippen LogP contribution in [-0.2, 0) is 11.3 Å². The van der Waals surface area contributed by atoms with Crippen molar-refractivity contribution in [1.82, 2.24) is 19.8 Å². The standard InChI is InChI=1S/C21H24FN5OS/c1-2-26(13-16-4-3-5-17(22)12-16)19(28)14-25-7-9-27(10-8-25)20-18-6-11-29-21(18)24-15-23-20/h3-6,11-12,15H,2,7-10,13-14H2,1H3. The summed E-state index contributed by atoms with van der Waals surface area (Å²) < 4.78 is 13.4. The fourth-order valence-corrected chi connectivity index (χ4v) is 4.40. The lowest BCUT2D eigenvalue weighted by Crippen LogP contribution is -2.50. The number of hydrogen-bond acceptors (Lipinski definition) is 6. The number of nitrogens with zero attached hydrogens (tertiary/aromatic N) is 5. The fourth-order valence-electron chi connectivity index (χ4n) is 3.67. The number of fused-ring (bicyclic) bond motifs is 1. The van der Waals surface area contributed by atoms with Crippen molar-refractivity contribution in [3.05, 3.63) is 53.4 Å². The number of aromatic nitrogens is 2. The van der Waals surface area contributed by atoms with E-state index in [1.807, 2.05) is 18.4 Å². The van der Waals surface area contributed by atoms with Crippen molar-refractivity contribution in [1.29, 1.82) is 0 Å². The molecule has 8 heteroatoms. The summed E-state index contributed by atoms with van der Waals surface area (Å²) in [5.41, 5.74) is 0.813. The van der Waals surface area contributed by atoms with E-state index in [0.717, 1.165) is 47.8 Å². The molecular formula is C21H24FN5OS. The molecule has 1 amide bonds. The number of benzene rings is 1. The zero-order valence-electron chi connectivity index (χ0n) is 16.4. The van der Waals surface area contributed by atoms with Gasteiger partial charge in [-0.2, -0.15) is 0 Å². The van der Waals surface area contributed by atoms with Crippen LogP contribution >= 0.6 is 11.3 Å². The molecule has 1 saturated heterocycles. The second-order valence-corrected chi connectivity index (χ2v) is 8.03. The molecule has 0 saturated carbocycles. The number of likely N-dealkylation sites (N-methyl/N-ethyl adjacent to an activating group) is 1. The van der Waals surface area contributed by atoms with Crippen molar-refractivity contribution in [2.24, 2.45) is 0 Å². The van der Waals surface area contributed by atoms with Crippen LogP contribution in [0.25, 0.3) is 10.2 Å². The molecule has 6 nitrogen and oxygen atoms in total. The van der Waals surface area contributed by atoms with E-state index in [-0.39, 0.29) is 11.7 Å².